The van der Waals surface area contributed by atoms with Crippen LogP contribution in [-0.4, -0.2) is 69.7 Å². The Morgan fingerprint density at radius 3 is 2.64 bits per heavy atom. The minimum absolute atomic E-state index is 0.0320. The van der Waals surface area contributed by atoms with Crippen molar-refractivity contribution in [2.24, 2.45) is 5.16 Å². The van der Waals surface area contributed by atoms with Gasteiger partial charge in [0.1, 0.15) is 23.2 Å². The Morgan fingerprint density at radius 2 is 1.92 bits per heavy atom. The lowest BCUT2D eigenvalue weighted by Gasteiger charge is -2.26. The average Bonchev–Trinajstić information content (AvgIpc) is 2.83. The Morgan fingerprint density at radius 1 is 1.17 bits per heavy atom. The zero-order chi connectivity index (χ0) is 26.1. The molecule has 2 atom stereocenters. The van der Waals surface area contributed by atoms with Gasteiger partial charge >= 0.3 is 5.97 Å². The van der Waals surface area contributed by atoms with Gasteiger partial charge in [-0.15, -0.1) is 0 Å². The number of oxime groups is 1. The molecule has 1 aromatic rings. The minimum atomic E-state index is -0.735. The maximum atomic E-state index is 13.1. The number of phenolic OH excluding ortho intramolecular Hbond substituents is 2. The minimum Gasteiger partial charge on any atom is -0.508 e. The molecule has 9 nitrogen and oxygen atoms in total. The first kappa shape index (κ1) is 27.3. The van der Waals surface area contributed by atoms with E-state index in [1.165, 1.54) is 0 Å². The number of benzene rings is 1. The van der Waals surface area contributed by atoms with Gasteiger partial charge in [-0.3, -0.25) is 4.79 Å². The van der Waals surface area contributed by atoms with Gasteiger partial charge in [0, 0.05) is 32.0 Å². The summed E-state index contributed by atoms with van der Waals surface area (Å²) in [6, 6.07) is 1.14. The number of carbonyl (C=O) groups excluding carboxylic acids is 2. The number of hydrogen-bond donors (Lipinski definition) is 3. The lowest BCUT2D eigenvalue weighted by atomic mass is 9.92. The van der Waals surface area contributed by atoms with E-state index in [1.807, 2.05) is 6.92 Å². The second-order valence-electron chi connectivity index (χ2n) is 9.16. The summed E-state index contributed by atoms with van der Waals surface area (Å²) < 4.78 is 5.54. The Hall–Kier alpha value is -3.33. The molecule has 36 heavy (non-hydrogen) atoms. The van der Waals surface area contributed by atoms with E-state index >= 15 is 0 Å². The molecule has 1 amide bonds. The van der Waals surface area contributed by atoms with Gasteiger partial charge in [0.2, 0.25) is 0 Å². The summed E-state index contributed by atoms with van der Waals surface area (Å²) in [5, 5.41) is 35.4. The molecule has 0 spiro atoms. The molecule has 3 N–H and O–H groups in total. The monoisotopic (exact) mass is 500 g/mol. The van der Waals surface area contributed by atoms with Crippen molar-refractivity contribution in [3.8, 4) is 11.5 Å². The number of piperidine rings is 1. The molecule has 1 saturated heterocycles. The number of amides is 1. The van der Waals surface area contributed by atoms with Crippen LogP contribution in [0, 0.1) is 0 Å². The molecule has 0 bridgehead atoms. The molecule has 0 radical (unpaired) electrons. The number of hydrogen-bond acceptors (Lipinski definition) is 8. The van der Waals surface area contributed by atoms with Gasteiger partial charge in [0.05, 0.1) is 11.8 Å². The number of esters is 1. The third-order valence-electron chi connectivity index (χ3n) is 6.32. The van der Waals surface area contributed by atoms with Crippen LogP contribution in [0.5, 0.6) is 11.5 Å². The number of aromatic hydroxyl groups is 2. The van der Waals surface area contributed by atoms with Crippen molar-refractivity contribution in [1.82, 2.24) is 4.90 Å². The topological polar surface area (TPSA) is 129 Å². The van der Waals surface area contributed by atoms with Crippen molar-refractivity contribution < 1.29 is 34.5 Å². The Balaban J connectivity index is 1.95. The SMILES string of the molecule is CCc1c(O)cc(O)c2c1CC(=N/OCC(=O)N1CCCCC1)/C=C/C[C@@H](O)/C=C/C[C@@H](C)OC2=O. The van der Waals surface area contributed by atoms with Crippen LogP contribution in [0.1, 0.15) is 67.4 Å². The van der Waals surface area contributed by atoms with Crippen LogP contribution in [-0.2, 0) is 27.2 Å². The van der Waals surface area contributed by atoms with Gasteiger partial charge < -0.3 is 29.8 Å². The summed E-state index contributed by atoms with van der Waals surface area (Å²) in [4.78, 5) is 32.7. The van der Waals surface area contributed by atoms with E-state index in [0.29, 0.717) is 49.2 Å². The number of cyclic esters (lactones) is 1. The van der Waals surface area contributed by atoms with Crippen molar-refractivity contribution in [3.63, 3.8) is 0 Å². The van der Waals surface area contributed by atoms with Gasteiger partial charge in [0.25, 0.3) is 5.91 Å². The molecule has 0 unspecified atom stereocenters. The molecular formula is C27H36N2O7. The lowest BCUT2D eigenvalue weighted by molar-refractivity contribution is -0.137. The maximum Gasteiger partial charge on any atom is 0.342 e. The fourth-order valence-electron chi connectivity index (χ4n) is 4.41. The number of likely N-dealkylation sites (tertiary alicyclic amines) is 1. The Kier molecular flexibility index (Phi) is 9.93. The first-order valence-corrected chi connectivity index (χ1v) is 12.6. The summed E-state index contributed by atoms with van der Waals surface area (Å²) in [6.45, 7) is 4.74. The van der Waals surface area contributed by atoms with Crippen LogP contribution < -0.4 is 0 Å². The van der Waals surface area contributed by atoms with Crippen molar-refractivity contribution in [2.75, 3.05) is 19.7 Å². The third-order valence-corrected chi connectivity index (χ3v) is 6.32. The van der Waals surface area contributed by atoms with E-state index in [1.54, 1.807) is 36.1 Å². The summed E-state index contributed by atoms with van der Waals surface area (Å²) in [6.07, 6.45) is 9.69. The molecule has 2 heterocycles. The summed E-state index contributed by atoms with van der Waals surface area (Å²) in [7, 11) is 0. The average molecular weight is 501 g/mol. The van der Waals surface area contributed by atoms with Gasteiger partial charge in [-0.2, -0.15) is 0 Å². The third kappa shape index (κ3) is 7.34. The highest BCUT2D eigenvalue weighted by Gasteiger charge is 2.26. The van der Waals surface area contributed by atoms with Crippen molar-refractivity contribution in [1.29, 1.82) is 0 Å². The van der Waals surface area contributed by atoms with Crippen LogP contribution in [0.4, 0.5) is 0 Å². The number of aliphatic hydroxyl groups excluding tert-OH is 1. The van der Waals surface area contributed by atoms with Crippen molar-refractivity contribution in [3.05, 3.63) is 47.1 Å². The zero-order valence-electron chi connectivity index (χ0n) is 21.0. The molecule has 0 aliphatic carbocycles. The molecule has 1 fully saturated rings. The maximum absolute atomic E-state index is 13.1. The molecule has 9 heteroatoms. The van der Waals surface area contributed by atoms with E-state index in [9.17, 15) is 24.9 Å². The second kappa shape index (κ2) is 13.1. The number of aliphatic hydroxyl groups is 1. The van der Waals surface area contributed by atoms with Crippen LogP contribution in [0.25, 0.3) is 0 Å². The highest BCUT2D eigenvalue weighted by Crippen LogP contribution is 2.34. The summed E-state index contributed by atoms with van der Waals surface area (Å²) >= 11 is 0. The quantitative estimate of drug-likeness (QED) is 0.328. The van der Waals surface area contributed by atoms with Crippen LogP contribution >= 0.6 is 0 Å². The van der Waals surface area contributed by atoms with E-state index in [0.717, 1.165) is 25.3 Å². The van der Waals surface area contributed by atoms with Gasteiger partial charge in [-0.05, 0) is 56.2 Å². The van der Waals surface area contributed by atoms with E-state index in [-0.39, 0.29) is 36.0 Å². The molecule has 3 rings (SSSR count). The Bertz CT molecular complexity index is 1030. The van der Waals surface area contributed by atoms with Gasteiger partial charge in [-0.25, -0.2) is 4.79 Å². The first-order chi connectivity index (χ1) is 17.3. The van der Waals surface area contributed by atoms with E-state index in [2.05, 4.69) is 5.16 Å². The number of fused-ring (bicyclic) bond motifs is 1. The standard InChI is InChI=1S/C27H36N2O7/c1-3-21-22-15-19(28-35-17-25(33)29-13-5-4-6-14-29)10-8-12-20(30)11-7-9-18(2)36-27(34)26(22)24(32)16-23(21)31/h7-8,10-11,16,18,20,30-32H,3-6,9,12-15,17H2,1-2H3/b10-8+,11-7+,28-19+/t18-,20+/m1/s1. The first-order valence-electron chi connectivity index (χ1n) is 12.6. The van der Waals surface area contributed by atoms with Crippen LogP contribution in [0.15, 0.2) is 35.5 Å². The predicted octanol–water partition coefficient (Wildman–Crippen LogP) is 3.40. The van der Waals surface area contributed by atoms with Crippen LogP contribution in [0.3, 0.4) is 0 Å². The highest BCUT2D eigenvalue weighted by atomic mass is 16.6. The van der Waals surface area contributed by atoms with Crippen molar-refractivity contribution >= 4 is 17.6 Å². The zero-order valence-corrected chi connectivity index (χ0v) is 21.0. The van der Waals surface area contributed by atoms with E-state index in [4.69, 9.17) is 9.57 Å². The van der Waals surface area contributed by atoms with Gasteiger partial charge in [-0.1, -0.05) is 30.3 Å². The summed E-state index contributed by atoms with van der Waals surface area (Å²) in [5.74, 6) is -1.40. The highest BCUT2D eigenvalue weighted by molar-refractivity contribution is 6.01. The normalized spacial score (nSPS) is 24.4. The van der Waals surface area contributed by atoms with Crippen molar-refractivity contribution in [2.45, 2.75) is 71.0 Å². The lowest BCUT2D eigenvalue weighted by Crippen LogP contribution is -2.37. The summed E-state index contributed by atoms with van der Waals surface area (Å²) in [5.41, 5.74) is 1.17. The molecule has 0 aromatic heterocycles. The number of nitrogens with zero attached hydrogens (tertiary/aromatic N) is 2. The number of carbonyl (C=O) groups is 2. The molecule has 1 aromatic carbocycles. The molecule has 2 aliphatic rings. The second-order valence-corrected chi connectivity index (χ2v) is 9.16. The van der Waals surface area contributed by atoms with E-state index < -0.39 is 18.2 Å². The molecule has 196 valence electrons. The number of rotatable bonds is 4. The molecule has 0 saturated carbocycles. The number of allylic oxidation sites excluding steroid dienone is 1. The number of phenols is 2. The molecule has 2 aliphatic heterocycles. The smallest absolute Gasteiger partial charge is 0.342 e. The fraction of sp³-hybridized carbons (Fsp3) is 0.519. The number of ether oxygens (including phenoxy) is 1. The fourth-order valence-corrected chi connectivity index (χ4v) is 4.41. The molecular weight excluding hydrogens is 464 g/mol. The predicted molar refractivity (Wildman–Crippen MR) is 135 cm³/mol. The van der Waals surface area contributed by atoms with Gasteiger partial charge in [0.15, 0.2) is 6.61 Å². The largest absolute Gasteiger partial charge is 0.508 e. The van der Waals surface area contributed by atoms with Crippen LogP contribution in [0.2, 0.25) is 0 Å². The Labute approximate surface area is 211 Å².